The average molecular weight is 528 g/mol. The lowest BCUT2D eigenvalue weighted by atomic mass is 9.74. The lowest BCUT2D eigenvalue weighted by Crippen LogP contribution is -2.56. The summed E-state index contributed by atoms with van der Waals surface area (Å²) in [7, 11) is 0. The predicted octanol–water partition coefficient (Wildman–Crippen LogP) is 4.60. The smallest absolute Gasteiger partial charge is 0.246 e. The molecule has 4 aliphatic rings. The van der Waals surface area contributed by atoms with E-state index in [1.807, 2.05) is 81.5 Å². The molecule has 4 unspecified atom stereocenters. The summed E-state index contributed by atoms with van der Waals surface area (Å²) in [5.41, 5.74) is 2.56. The van der Waals surface area contributed by atoms with Gasteiger partial charge in [-0.1, -0.05) is 67.8 Å². The molecular weight excluding hydrogens is 490 g/mol. The van der Waals surface area contributed by atoms with Crippen molar-refractivity contribution in [3.05, 3.63) is 77.4 Å². The molecular formula is C32H37N3O4. The maximum Gasteiger partial charge on any atom is 0.246 e. The number of nitrogens with zero attached hydrogens (tertiary/aromatic N) is 1. The Balaban J connectivity index is 1.35. The molecule has 1 spiro atoms. The summed E-state index contributed by atoms with van der Waals surface area (Å²) in [5.74, 6) is -2.15. The molecule has 2 N–H and O–H groups in total. The van der Waals surface area contributed by atoms with Crippen LogP contribution in [-0.2, 0) is 19.1 Å². The van der Waals surface area contributed by atoms with Gasteiger partial charge in [0.05, 0.1) is 24.0 Å². The molecule has 2 aromatic rings. The Bertz CT molecular complexity index is 1300. The van der Waals surface area contributed by atoms with Crippen molar-refractivity contribution in [3.8, 4) is 0 Å². The van der Waals surface area contributed by atoms with Gasteiger partial charge in [0, 0.05) is 11.7 Å². The van der Waals surface area contributed by atoms with Gasteiger partial charge in [-0.05, 0) is 62.4 Å². The summed E-state index contributed by atoms with van der Waals surface area (Å²) in [6.07, 6.45) is 8.44. The van der Waals surface area contributed by atoms with Crippen LogP contribution in [0.5, 0.6) is 0 Å². The monoisotopic (exact) mass is 527 g/mol. The molecule has 6 atom stereocenters. The summed E-state index contributed by atoms with van der Waals surface area (Å²) >= 11 is 0. The van der Waals surface area contributed by atoms with Gasteiger partial charge in [0.2, 0.25) is 17.7 Å². The third-order valence-electron chi connectivity index (χ3n) is 9.00. The van der Waals surface area contributed by atoms with Gasteiger partial charge >= 0.3 is 0 Å². The van der Waals surface area contributed by atoms with Crippen LogP contribution in [0.4, 0.5) is 5.69 Å². The number of likely N-dealkylation sites (tertiary alicyclic amines) is 1. The molecule has 0 aromatic heterocycles. The molecule has 7 heteroatoms. The van der Waals surface area contributed by atoms with Crippen molar-refractivity contribution in [1.29, 1.82) is 0 Å². The Kier molecular flexibility index (Phi) is 6.58. The van der Waals surface area contributed by atoms with E-state index in [-0.39, 0.29) is 29.8 Å². The Morgan fingerprint density at radius 2 is 1.69 bits per heavy atom. The van der Waals surface area contributed by atoms with Crippen LogP contribution in [0.1, 0.15) is 61.8 Å². The first-order valence-corrected chi connectivity index (χ1v) is 14.2. The first-order valence-electron chi connectivity index (χ1n) is 14.2. The van der Waals surface area contributed by atoms with E-state index in [1.165, 1.54) is 6.42 Å². The lowest BCUT2D eigenvalue weighted by molar-refractivity contribution is -0.143. The first kappa shape index (κ1) is 25.8. The maximum atomic E-state index is 14.3. The minimum atomic E-state index is -1.17. The number of fused-ring (bicyclic) bond motifs is 1. The van der Waals surface area contributed by atoms with Gasteiger partial charge in [-0.3, -0.25) is 14.4 Å². The normalized spacial score (nSPS) is 30.3. The second-order valence-corrected chi connectivity index (χ2v) is 11.7. The molecule has 3 fully saturated rings. The number of rotatable bonds is 6. The number of hydrogen-bond donors (Lipinski definition) is 2. The van der Waals surface area contributed by atoms with E-state index in [9.17, 15) is 14.4 Å². The largest absolute Gasteiger partial charge is 0.359 e. The molecule has 3 amide bonds. The van der Waals surface area contributed by atoms with Crippen LogP contribution >= 0.6 is 0 Å². The molecule has 2 bridgehead atoms. The van der Waals surface area contributed by atoms with Crippen LogP contribution in [0.15, 0.2) is 60.7 Å². The Hall–Kier alpha value is -3.45. The highest BCUT2D eigenvalue weighted by molar-refractivity contribution is 6.03. The van der Waals surface area contributed by atoms with Crippen LogP contribution in [0.2, 0.25) is 0 Å². The van der Waals surface area contributed by atoms with Gasteiger partial charge in [-0.2, -0.15) is 0 Å². The number of nitrogens with one attached hydrogen (secondary N) is 2. The van der Waals surface area contributed by atoms with Gasteiger partial charge in [0.1, 0.15) is 11.6 Å². The van der Waals surface area contributed by atoms with E-state index in [1.54, 1.807) is 4.90 Å². The van der Waals surface area contributed by atoms with Gasteiger partial charge in [-0.25, -0.2) is 0 Å². The number of anilines is 1. The minimum Gasteiger partial charge on any atom is -0.359 e. The molecule has 3 aliphatic heterocycles. The zero-order chi connectivity index (χ0) is 27.3. The van der Waals surface area contributed by atoms with E-state index < -0.39 is 29.6 Å². The second kappa shape index (κ2) is 9.94. The average Bonchev–Trinajstić information content (AvgIpc) is 3.56. The Morgan fingerprint density at radius 1 is 1.00 bits per heavy atom. The number of benzene rings is 2. The van der Waals surface area contributed by atoms with E-state index in [4.69, 9.17) is 4.74 Å². The minimum absolute atomic E-state index is 0.0944. The molecule has 2 aromatic carbocycles. The standard InChI is InChI=1S/C32H37N3O4/c1-19-16-20(2)18-24(17-19)34-29(36)26-25-14-15-32(39-25)27(26)31(38)35(21(3)22-10-6-4-7-11-22)28(32)30(37)33-23-12-8-5-9-13-23/h4,6-7,10-11,14-18,21,23,25-28H,5,8-9,12-13H2,1-3H3,(H,33,37)(H,34,36)/t21?,25-,26?,27-,28?,32?/m0/s1. The van der Waals surface area contributed by atoms with Crippen molar-refractivity contribution in [2.75, 3.05) is 5.32 Å². The van der Waals surface area contributed by atoms with E-state index >= 15 is 0 Å². The molecule has 1 aliphatic carbocycles. The number of carbonyl (C=O) groups excluding carboxylic acids is 3. The van der Waals surface area contributed by atoms with Crippen LogP contribution in [0.25, 0.3) is 0 Å². The molecule has 3 heterocycles. The van der Waals surface area contributed by atoms with Crippen molar-refractivity contribution in [2.45, 2.75) is 82.7 Å². The molecule has 204 valence electrons. The van der Waals surface area contributed by atoms with Gasteiger partial charge in [0.25, 0.3) is 0 Å². The van der Waals surface area contributed by atoms with Crippen LogP contribution in [-0.4, -0.2) is 46.4 Å². The number of amides is 3. The topological polar surface area (TPSA) is 87.7 Å². The van der Waals surface area contributed by atoms with Crippen LogP contribution < -0.4 is 10.6 Å². The molecule has 39 heavy (non-hydrogen) atoms. The quantitative estimate of drug-likeness (QED) is 0.538. The molecule has 0 radical (unpaired) electrons. The molecule has 6 rings (SSSR count). The van der Waals surface area contributed by atoms with Gasteiger partial charge in [-0.15, -0.1) is 0 Å². The highest BCUT2D eigenvalue weighted by Gasteiger charge is 2.73. The SMILES string of the molecule is Cc1cc(C)cc(NC(=O)C2[C@@H]3C=CC4(O3)C(C(=O)NC3CCCCC3)N(C(C)c3ccccc3)C(=O)[C@H]24)c1. The highest BCUT2D eigenvalue weighted by atomic mass is 16.5. The summed E-state index contributed by atoms with van der Waals surface area (Å²) in [5, 5.41) is 6.30. The van der Waals surface area contributed by atoms with Crippen molar-refractivity contribution in [1.82, 2.24) is 10.2 Å². The first-order chi connectivity index (χ1) is 18.8. The molecule has 7 nitrogen and oxygen atoms in total. The fourth-order valence-electron chi connectivity index (χ4n) is 7.32. The summed E-state index contributed by atoms with van der Waals surface area (Å²) < 4.78 is 6.52. The molecule has 2 saturated heterocycles. The zero-order valence-corrected chi connectivity index (χ0v) is 22.9. The third-order valence-corrected chi connectivity index (χ3v) is 9.00. The van der Waals surface area contributed by atoms with E-state index in [0.717, 1.165) is 42.4 Å². The van der Waals surface area contributed by atoms with Crippen LogP contribution in [0.3, 0.4) is 0 Å². The number of aryl methyl sites for hydroxylation is 2. The van der Waals surface area contributed by atoms with Gasteiger partial charge in [0.15, 0.2) is 0 Å². The molecule has 1 saturated carbocycles. The number of ether oxygens (including phenoxy) is 1. The summed E-state index contributed by atoms with van der Waals surface area (Å²) in [6.45, 7) is 5.92. The van der Waals surface area contributed by atoms with E-state index in [0.29, 0.717) is 5.69 Å². The van der Waals surface area contributed by atoms with Crippen molar-refractivity contribution < 1.29 is 19.1 Å². The lowest BCUT2D eigenvalue weighted by Gasteiger charge is -2.37. The highest BCUT2D eigenvalue weighted by Crippen LogP contribution is 2.56. The second-order valence-electron chi connectivity index (χ2n) is 11.7. The number of hydrogen-bond acceptors (Lipinski definition) is 4. The van der Waals surface area contributed by atoms with E-state index in [2.05, 4.69) is 10.6 Å². The summed E-state index contributed by atoms with van der Waals surface area (Å²) in [6, 6.07) is 14.5. The van der Waals surface area contributed by atoms with Crippen molar-refractivity contribution >= 4 is 23.4 Å². The maximum absolute atomic E-state index is 14.3. The predicted molar refractivity (Wildman–Crippen MR) is 149 cm³/mol. The fourth-order valence-corrected chi connectivity index (χ4v) is 7.32. The van der Waals surface area contributed by atoms with Crippen molar-refractivity contribution in [2.24, 2.45) is 11.8 Å². The number of carbonyl (C=O) groups is 3. The third kappa shape index (κ3) is 4.37. The summed E-state index contributed by atoms with van der Waals surface area (Å²) in [4.78, 5) is 43.8. The van der Waals surface area contributed by atoms with Crippen molar-refractivity contribution in [3.63, 3.8) is 0 Å². The zero-order valence-electron chi connectivity index (χ0n) is 22.9. The van der Waals surface area contributed by atoms with Gasteiger partial charge < -0.3 is 20.3 Å². The fraction of sp³-hybridized carbons (Fsp3) is 0.469. The Morgan fingerprint density at radius 3 is 2.38 bits per heavy atom. The Labute approximate surface area is 230 Å². The van der Waals surface area contributed by atoms with Crippen LogP contribution in [0, 0.1) is 25.7 Å².